The van der Waals surface area contributed by atoms with Crippen molar-refractivity contribution in [1.29, 1.82) is 0 Å². The molecule has 0 aliphatic rings. The zero-order valence-corrected chi connectivity index (χ0v) is 14.7. The molecule has 1 amide bonds. The molecule has 5 heteroatoms. The van der Waals surface area contributed by atoms with E-state index in [-0.39, 0.29) is 18.3 Å². The minimum atomic E-state index is -0.429. The van der Waals surface area contributed by atoms with E-state index in [0.717, 1.165) is 5.56 Å². The summed E-state index contributed by atoms with van der Waals surface area (Å²) in [5.74, 6) is 0.270. The third-order valence-corrected chi connectivity index (χ3v) is 3.08. The van der Waals surface area contributed by atoms with Crippen molar-refractivity contribution in [3.63, 3.8) is 0 Å². The Bertz CT molecular complexity index is 526. The minimum absolute atomic E-state index is 0.130. The lowest BCUT2D eigenvalue weighted by molar-refractivity contribution is -0.143. The van der Waals surface area contributed by atoms with Crippen LogP contribution in [0.5, 0.6) is 0 Å². The first kappa shape index (κ1) is 19.0. The van der Waals surface area contributed by atoms with Crippen molar-refractivity contribution in [3.8, 4) is 0 Å². The van der Waals surface area contributed by atoms with Crippen molar-refractivity contribution in [1.82, 2.24) is 0 Å². The predicted molar refractivity (Wildman–Crippen MR) is 90.5 cm³/mol. The van der Waals surface area contributed by atoms with E-state index in [1.165, 1.54) is 4.90 Å². The molecule has 0 saturated heterocycles. The molecule has 1 aromatic rings. The van der Waals surface area contributed by atoms with Gasteiger partial charge in [0.05, 0.1) is 25.3 Å². The number of carbonyl (C=O) groups is 2. The van der Waals surface area contributed by atoms with E-state index in [4.69, 9.17) is 9.47 Å². The Morgan fingerprint density at radius 1 is 1.00 bits per heavy atom. The summed E-state index contributed by atoms with van der Waals surface area (Å²) in [6.07, 6.45) is -0.299. The second-order valence-corrected chi connectivity index (χ2v) is 6.41. The fraction of sp³-hybridized carbons (Fsp3) is 0.556. The molecule has 0 N–H and O–H groups in total. The van der Waals surface area contributed by atoms with Crippen LogP contribution < -0.4 is 4.90 Å². The van der Waals surface area contributed by atoms with Crippen LogP contribution in [-0.2, 0) is 20.7 Å². The maximum Gasteiger partial charge on any atom is 0.414 e. The number of hydrogen-bond donors (Lipinski definition) is 0. The van der Waals surface area contributed by atoms with Gasteiger partial charge in [-0.15, -0.1) is 0 Å². The molecule has 0 aromatic heterocycles. The summed E-state index contributed by atoms with van der Waals surface area (Å²) in [5.41, 5.74) is 1.40. The summed E-state index contributed by atoms with van der Waals surface area (Å²) in [6, 6.07) is 7.27. The normalized spacial score (nSPS) is 10.7. The molecule has 23 heavy (non-hydrogen) atoms. The highest BCUT2D eigenvalue weighted by Gasteiger charge is 2.18. The average molecular weight is 321 g/mol. The summed E-state index contributed by atoms with van der Waals surface area (Å²) in [4.78, 5) is 25.4. The third-order valence-electron chi connectivity index (χ3n) is 3.08. The molecular weight excluding hydrogens is 294 g/mol. The van der Waals surface area contributed by atoms with E-state index >= 15 is 0 Å². The third kappa shape index (κ3) is 6.72. The monoisotopic (exact) mass is 321 g/mol. The highest BCUT2D eigenvalue weighted by atomic mass is 16.6. The van der Waals surface area contributed by atoms with Gasteiger partial charge < -0.3 is 9.47 Å². The summed E-state index contributed by atoms with van der Waals surface area (Å²) in [7, 11) is 1.64. The largest absolute Gasteiger partial charge is 0.465 e. The molecule has 5 nitrogen and oxygen atoms in total. The topological polar surface area (TPSA) is 55.8 Å². The Morgan fingerprint density at radius 3 is 2.17 bits per heavy atom. The second-order valence-electron chi connectivity index (χ2n) is 6.41. The smallest absolute Gasteiger partial charge is 0.414 e. The van der Waals surface area contributed by atoms with Crippen LogP contribution in [0.4, 0.5) is 10.5 Å². The standard InChI is InChI=1S/C18H27NO4/c1-13(2)11-22-17(20)10-15-8-6-7-9-16(15)19(5)18(21)23-12-14(3)4/h6-9,13-14H,10-12H2,1-5H3. The van der Waals surface area contributed by atoms with Crippen LogP contribution in [0.15, 0.2) is 24.3 Å². The number of carbonyl (C=O) groups excluding carboxylic acids is 2. The molecule has 0 fully saturated rings. The van der Waals surface area contributed by atoms with Crippen molar-refractivity contribution in [3.05, 3.63) is 29.8 Å². The van der Waals surface area contributed by atoms with E-state index in [2.05, 4.69) is 0 Å². The zero-order valence-electron chi connectivity index (χ0n) is 14.7. The van der Waals surface area contributed by atoms with Gasteiger partial charge in [0.25, 0.3) is 0 Å². The van der Waals surface area contributed by atoms with Gasteiger partial charge in [-0.25, -0.2) is 4.79 Å². The molecule has 1 aromatic carbocycles. The average Bonchev–Trinajstić information content (AvgIpc) is 2.50. The maximum atomic E-state index is 12.1. The molecule has 0 saturated carbocycles. The first-order chi connectivity index (χ1) is 10.8. The number of anilines is 1. The van der Waals surface area contributed by atoms with Gasteiger partial charge in [-0.2, -0.15) is 0 Å². The van der Waals surface area contributed by atoms with Crippen LogP contribution in [0, 0.1) is 11.8 Å². The van der Waals surface area contributed by atoms with Crippen molar-refractivity contribution < 1.29 is 19.1 Å². The van der Waals surface area contributed by atoms with Gasteiger partial charge in [-0.05, 0) is 23.5 Å². The Morgan fingerprint density at radius 2 is 1.57 bits per heavy atom. The molecule has 0 aliphatic heterocycles. The van der Waals surface area contributed by atoms with Crippen LogP contribution in [-0.4, -0.2) is 32.3 Å². The van der Waals surface area contributed by atoms with Gasteiger partial charge >= 0.3 is 12.1 Å². The SMILES string of the molecule is CC(C)COC(=O)Cc1ccccc1N(C)C(=O)OCC(C)C. The van der Waals surface area contributed by atoms with Crippen molar-refractivity contribution in [2.75, 3.05) is 25.2 Å². The number of rotatable bonds is 7. The lowest BCUT2D eigenvalue weighted by Crippen LogP contribution is -2.29. The highest BCUT2D eigenvalue weighted by molar-refractivity contribution is 5.89. The number of benzene rings is 1. The number of hydrogen-bond acceptors (Lipinski definition) is 4. The fourth-order valence-electron chi connectivity index (χ4n) is 1.89. The summed E-state index contributed by atoms with van der Waals surface area (Å²) in [6.45, 7) is 8.69. The van der Waals surface area contributed by atoms with E-state index in [9.17, 15) is 9.59 Å². The predicted octanol–water partition coefficient (Wildman–Crippen LogP) is 3.66. The van der Waals surface area contributed by atoms with Gasteiger partial charge in [0.1, 0.15) is 0 Å². The molecule has 0 atom stereocenters. The number of ether oxygens (including phenoxy) is 2. The van der Waals surface area contributed by atoms with E-state index in [0.29, 0.717) is 24.8 Å². The minimum Gasteiger partial charge on any atom is -0.465 e. The Kier molecular flexibility index (Phi) is 7.59. The van der Waals surface area contributed by atoms with Crippen LogP contribution in [0.2, 0.25) is 0 Å². The Labute approximate surface area is 138 Å². The maximum absolute atomic E-state index is 12.1. The lowest BCUT2D eigenvalue weighted by Gasteiger charge is -2.20. The highest BCUT2D eigenvalue weighted by Crippen LogP contribution is 2.21. The molecule has 0 aliphatic carbocycles. The van der Waals surface area contributed by atoms with Crippen LogP contribution in [0.1, 0.15) is 33.3 Å². The molecular formula is C18H27NO4. The lowest BCUT2D eigenvalue weighted by atomic mass is 10.1. The van der Waals surface area contributed by atoms with Crippen LogP contribution in [0.3, 0.4) is 0 Å². The van der Waals surface area contributed by atoms with Gasteiger partial charge in [0.15, 0.2) is 0 Å². The number of amides is 1. The van der Waals surface area contributed by atoms with Gasteiger partial charge in [-0.3, -0.25) is 9.69 Å². The van der Waals surface area contributed by atoms with E-state index < -0.39 is 6.09 Å². The fourth-order valence-corrected chi connectivity index (χ4v) is 1.89. The van der Waals surface area contributed by atoms with E-state index in [1.807, 2.05) is 45.9 Å². The van der Waals surface area contributed by atoms with Gasteiger partial charge in [0, 0.05) is 7.05 Å². The van der Waals surface area contributed by atoms with Crippen LogP contribution in [0.25, 0.3) is 0 Å². The molecule has 0 heterocycles. The summed E-state index contributed by atoms with van der Waals surface area (Å²) >= 11 is 0. The van der Waals surface area contributed by atoms with Crippen molar-refractivity contribution in [2.24, 2.45) is 11.8 Å². The van der Waals surface area contributed by atoms with Crippen LogP contribution >= 0.6 is 0 Å². The Hall–Kier alpha value is -2.04. The molecule has 128 valence electrons. The van der Waals surface area contributed by atoms with Crippen molar-refractivity contribution in [2.45, 2.75) is 34.1 Å². The summed E-state index contributed by atoms with van der Waals surface area (Å²) in [5, 5.41) is 0. The Balaban J connectivity index is 2.76. The first-order valence-electron chi connectivity index (χ1n) is 7.95. The quantitative estimate of drug-likeness (QED) is 0.719. The summed E-state index contributed by atoms with van der Waals surface area (Å²) < 4.78 is 10.4. The first-order valence-corrected chi connectivity index (χ1v) is 7.95. The molecule has 0 radical (unpaired) electrons. The molecule has 0 bridgehead atoms. The van der Waals surface area contributed by atoms with Crippen molar-refractivity contribution >= 4 is 17.7 Å². The van der Waals surface area contributed by atoms with E-state index in [1.54, 1.807) is 13.1 Å². The zero-order chi connectivity index (χ0) is 17.4. The molecule has 0 spiro atoms. The van der Waals surface area contributed by atoms with Gasteiger partial charge in [-0.1, -0.05) is 45.9 Å². The number of para-hydroxylation sites is 1. The number of esters is 1. The molecule has 1 rings (SSSR count). The molecule has 0 unspecified atom stereocenters. The second kappa shape index (κ2) is 9.18. The number of nitrogens with zero attached hydrogens (tertiary/aromatic N) is 1. The van der Waals surface area contributed by atoms with Gasteiger partial charge in [0.2, 0.25) is 0 Å².